The van der Waals surface area contributed by atoms with Gasteiger partial charge in [0.05, 0.1) is 14.2 Å². The van der Waals surface area contributed by atoms with Gasteiger partial charge in [-0.3, -0.25) is 9.59 Å². The van der Waals surface area contributed by atoms with Crippen LogP contribution < -0.4 is 14.8 Å². The number of methoxy groups -OCH3 is 2. The topological polar surface area (TPSA) is 67.9 Å². The maximum absolute atomic E-state index is 12.8. The maximum atomic E-state index is 12.8. The lowest BCUT2D eigenvalue weighted by Gasteiger charge is -2.20. The minimum absolute atomic E-state index is 0.0221. The van der Waals surface area contributed by atoms with E-state index in [0.29, 0.717) is 22.7 Å². The zero-order chi connectivity index (χ0) is 21.3. The van der Waals surface area contributed by atoms with Crippen molar-refractivity contribution in [3.63, 3.8) is 0 Å². The third-order valence-corrected chi connectivity index (χ3v) is 5.11. The van der Waals surface area contributed by atoms with Gasteiger partial charge in [0, 0.05) is 30.4 Å². The summed E-state index contributed by atoms with van der Waals surface area (Å²) in [7, 11) is 3.14. The van der Waals surface area contributed by atoms with E-state index in [0.717, 1.165) is 31.5 Å². The average molecular weight is 408 g/mol. The molecule has 6 heteroatoms. The van der Waals surface area contributed by atoms with E-state index in [1.54, 1.807) is 56.7 Å². The number of carbonyl (C=O) groups excluding carboxylic acids is 2. The summed E-state index contributed by atoms with van der Waals surface area (Å²) in [6.07, 6.45) is 7.58. The van der Waals surface area contributed by atoms with E-state index in [9.17, 15) is 9.59 Å². The third kappa shape index (κ3) is 5.63. The smallest absolute Gasteiger partial charge is 0.253 e. The molecule has 2 aromatic carbocycles. The summed E-state index contributed by atoms with van der Waals surface area (Å²) in [5, 5.41) is 2.82. The van der Waals surface area contributed by atoms with Crippen LogP contribution in [0.2, 0.25) is 0 Å². The number of nitrogens with zero attached hydrogens (tertiary/aromatic N) is 1. The lowest BCUT2D eigenvalue weighted by Crippen LogP contribution is -2.31. The number of likely N-dealkylation sites (tertiary alicyclic amines) is 1. The highest BCUT2D eigenvalue weighted by molar-refractivity contribution is 6.03. The largest absolute Gasteiger partial charge is 0.493 e. The summed E-state index contributed by atoms with van der Waals surface area (Å²) in [5.74, 6) is 0.975. The van der Waals surface area contributed by atoms with E-state index in [2.05, 4.69) is 5.32 Å². The van der Waals surface area contributed by atoms with Gasteiger partial charge < -0.3 is 19.7 Å². The SMILES string of the molecule is COc1ccc(/C=C/C(=O)Nc2cccc(C(=O)N3CCCCCC3)c2)cc1OC. The second-order valence-electron chi connectivity index (χ2n) is 7.22. The Bertz CT molecular complexity index is 915. The number of ether oxygens (including phenoxy) is 2. The van der Waals surface area contributed by atoms with Crippen molar-refractivity contribution in [2.75, 3.05) is 32.6 Å². The summed E-state index contributed by atoms with van der Waals surface area (Å²) >= 11 is 0. The fourth-order valence-corrected chi connectivity index (χ4v) is 3.50. The Balaban J connectivity index is 1.65. The van der Waals surface area contributed by atoms with Gasteiger partial charge in [-0.25, -0.2) is 0 Å². The first-order valence-corrected chi connectivity index (χ1v) is 10.2. The minimum atomic E-state index is -0.274. The number of anilines is 1. The first-order valence-electron chi connectivity index (χ1n) is 10.2. The second-order valence-corrected chi connectivity index (χ2v) is 7.22. The van der Waals surface area contributed by atoms with Crippen LogP contribution >= 0.6 is 0 Å². The molecule has 1 saturated heterocycles. The molecule has 3 rings (SSSR count). The van der Waals surface area contributed by atoms with Crippen LogP contribution in [0.4, 0.5) is 5.69 Å². The molecule has 0 radical (unpaired) electrons. The van der Waals surface area contributed by atoms with Gasteiger partial charge in [-0.1, -0.05) is 25.0 Å². The van der Waals surface area contributed by atoms with Crippen LogP contribution in [0.25, 0.3) is 6.08 Å². The second kappa shape index (κ2) is 10.5. The first kappa shape index (κ1) is 21.4. The van der Waals surface area contributed by atoms with E-state index in [1.807, 2.05) is 11.0 Å². The number of hydrogen-bond donors (Lipinski definition) is 1. The van der Waals surface area contributed by atoms with Crippen LogP contribution in [0.1, 0.15) is 41.6 Å². The van der Waals surface area contributed by atoms with Crippen LogP contribution in [-0.4, -0.2) is 44.0 Å². The Morgan fingerprint density at radius 3 is 2.37 bits per heavy atom. The molecule has 0 aromatic heterocycles. The summed E-state index contributed by atoms with van der Waals surface area (Å²) in [6, 6.07) is 12.5. The van der Waals surface area contributed by atoms with Gasteiger partial charge in [-0.05, 0) is 54.8 Å². The van der Waals surface area contributed by atoms with E-state index in [1.165, 1.54) is 18.9 Å². The highest BCUT2D eigenvalue weighted by atomic mass is 16.5. The quantitative estimate of drug-likeness (QED) is 0.721. The van der Waals surface area contributed by atoms with E-state index in [-0.39, 0.29) is 11.8 Å². The van der Waals surface area contributed by atoms with Crippen molar-refractivity contribution in [1.29, 1.82) is 0 Å². The van der Waals surface area contributed by atoms with Gasteiger partial charge in [0.25, 0.3) is 5.91 Å². The molecular weight excluding hydrogens is 380 g/mol. The molecule has 1 N–H and O–H groups in total. The van der Waals surface area contributed by atoms with Gasteiger partial charge >= 0.3 is 0 Å². The summed E-state index contributed by atoms with van der Waals surface area (Å²) < 4.78 is 10.5. The average Bonchev–Trinajstić information content (AvgIpc) is 3.06. The number of amides is 2. The number of hydrogen-bond acceptors (Lipinski definition) is 4. The molecule has 0 spiro atoms. The Morgan fingerprint density at radius 2 is 1.67 bits per heavy atom. The van der Waals surface area contributed by atoms with Crippen LogP contribution in [0.15, 0.2) is 48.5 Å². The fraction of sp³-hybridized carbons (Fsp3) is 0.333. The normalized spacial score (nSPS) is 14.3. The Kier molecular flexibility index (Phi) is 7.49. The van der Waals surface area contributed by atoms with Crippen molar-refractivity contribution in [1.82, 2.24) is 4.90 Å². The molecular formula is C24H28N2O4. The molecule has 0 saturated carbocycles. The van der Waals surface area contributed by atoms with Gasteiger partial charge in [-0.2, -0.15) is 0 Å². The van der Waals surface area contributed by atoms with E-state index >= 15 is 0 Å². The monoisotopic (exact) mass is 408 g/mol. The molecule has 2 aromatic rings. The zero-order valence-corrected chi connectivity index (χ0v) is 17.5. The minimum Gasteiger partial charge on any atom is -0.493 e. The summed E-state index contributed by atoms with van der Waals surface area (Å²) in [6.45, 7) is 1.59. The standard InChI is InChI=1S/C24H28N2O4/c1-29-21-12-10-18(16-22(21)30-2)11-13-23(27)25-20-9-7-8-19(17-20)24(28)26-14-5-3-4-6-15-26/h7-13,16-17H,3-6,14-15H2,1-2H3,(H,25,27)/b13-11+. The molecule has 158 valence electrons. The molecule has 0 bridgehead atoms. The highest BCUT2D eigenvalue weighted by Crippen LogP contribution is 2.28. The summed E-state index contributed by atoms with van der Waals surface area (Å²) in [5.41, 5.74) is 2.00. The lowest BCUT2D eigenvalue weighted by atomic mass is 10.1. The van der Waals surface area contributed by atoms with Crippen LogP contribution in [0.3, 0.4) is 0 Å². The molecule has 0 aliphatic carbocycles. The maximum Gasteiger partial charge on any atom is 0.253 e. The van der Waals surface area contributed by atoms with Crippen molar-refractivity contribution in [2.45, 2.75) is 25.7 Å². The number of carbonyl (C=O) groups is 2. The van der Waals surface area contributed by atoms with Gasteiger partial charge in [-0.15, -0.1) is 0 Å². The molecule has 30 heavy (non-hydrogen) atoms. The van der Waals surface area contributed by atoms with Gasteiger partial charge in [0.15, 0.2) is 11.5 Å². The van der Waals surface area contributed by atoms with Crippen LogP contribution in [0, 0.1) is 0 Å². The summed E-state index contributed by atoms with van der Waals surface area (Å²) in [4.78, 5) is 27.0. The van der Waals surface area contributed by atoms with Gasteiger partial charge in [0.1, 0.15) is 0 Å². The molecule has 1 heterocycles. The molecule has 0 atom stereocenters. The van der Waals surface area contributed by atoms with Crippen molar-refractivity contribution in [2.24, 2.45) is 0 Å². The van der Waals surface area contributed by atoms with Crippen molar-refractivity contribution >= 4 is 23.6 Å². The highest BCUT2D eigenvalue weighted by Gasteiger charge is 2.17. The molecule has 1 fully saturated rings. The van der Waals surface area contributed by atoms with E-state index < -0.39 is 0 Å². The fourth-order valence-electron chi connectivity index (χ4n) is 3.50. The Morgan fingerprint density at radius 1 is 0.933 bits per heavy atom. The molecule has 2 amide bonds. The van der Waals surface area contributed by atoms with Crippen molar-refractivity contribution in [3.05, 3.63) is 59.7 Å². The number of nitrogens with one attached hydrogen (secondary N) is 1. The first-order chi connectivity index (χ1) is 14.6. The van der Waals surface area contributed by atoms with Crippen molar-refractivity contribution < 1.29 is 19.1 Å². The zero-order valence-electron chi connectivity index (χ0n) is 17.5. The molecule has 1 aliphatic rings. The van der Waals surface area contributed by atoms with Crippen LogP contribution in [-0.2, 0) is 4.79 Å². The third-order valence-electron chi connectivity index (χ3n) is 5.11. The molecule has 0 unspecified atom stereocenters. The lowest BCUT2D eigenvalue weighted by molar-refractivity contribution is -0.111. The Labute approximate surface area is 177 Å². The molecule has 6 nitrogen and oxygen atoms in total. The van der Waals surface area contributed by atoms with E-state index in [4.69, 9.17) is 9.47 Å². The Hall–Kier alpha value is -3.28. The van der Waals surface area contributed by atoms with Crippen LogP contribution in [0.5, 0.6) is 11.5 Å². The van der Waals surface area contributed by atoms with Crippen molar-refractivity contribution in [3.8, 4) is 11.5 Å². The van der Waals surface area contributed by atoms with Gasteiger partial charge in [0.2, 0.25) is 5.91 Å². The predicted octanol–water partition coefficient (Wildman–Crippen LogP) is 4.37. The number of rotatable bonds is 6. The number of benzene rings is 2. The molecule has 1 aliphatic heterocycles. The predicted molar refractivity (Wildman–Crippen MR) is 118 cm³/mol.